The zero-order chi connectivity index (χ0) is 17.9. The van der Waals surface area contributed by atoms with E-state index in [0.717, 1.165) is 42.2 Å². The maximum absolute atomic E-state index is 6.15. The number of benzene rings is 1. The van der Waals surface area contributed by atoms with E-state index < -0.39 is 0 Å². The second kappa shape index (κ2) is 7.74. The van der Waals surface area contributed by atoms with Gasteiger partial charge in [0.15, 0.2) is 0 Å². The molecule has 5 nitrogen and oxygen atoms in total. The number of rotatable bonds is 6. The SMILES string of the molecule is Clc1ccc(OCC2CCCO2)c(NCc2cn3cc(Cl)ccc3n2)c1. The summed E-state index contributed by atoms with van der Waals surface area (Å²) in [6.07, 6.45) is 6.09. The molecule has 1 aliphatic rings. The number of nitrogens with zero attached hydrogens (tertiary/aromatic N) is 2. The van der Waals surface area contributed by atoms with E-state index in [1.165, 1.54) is 0 Å². The monoisotopic (exact) mass is 391 g/mol. The van der Waals surface area contributed by atoms with Crippen LogP contribution >= 0.6 is 23.2 Å². The Bertz CT molecular complexity index is 907. The summed E-state index contributed by atoms with van der Waals surface area (Å²) in [6.45, 7) is 1.91. The maximum atomic E-state index is 6.15. The van der Waals surface area contributed by atoms with Crippen molar-refractivity contribution in [2.24, 2.45) is 0 Å². The first-order valence-electron chi connectivity index (χ1n) is 8.58. The molecule has 0 spiro atoms. The predicted octanol–water partition coefficient (Wildman–Crippen LogP) is 4.81. The molecule has 1 aromatic carbocycles. The molecule has 1 aliphatic heterocycles. The molecule has 1 atom stereocenters. The molecule has 1 N–H and O–H groups in total. The van der Waals surface area contributed by atoms with Crippen LogP contribution in [-0.2, 0) is 11.3 Å². The van der Waals surface area contributed by atoms with Gasteiger partial charge in [0.25, 0.3) is 0 Å². The number of hydrogen-bond donors (Lipinski definition) is 1. The normalized spacial score (nSPS) is 16.9. The molecule has 1 saturated heterocycles. The van der Waals surface area contributed by atoms with Crippen molar-refractivity contribution in [2.75, 3.05) is 18.5 Å². The fourth-order valence-corrected chi connectivity index (χ4v) is 3.35. The molecule has 26 heavy (non-hydrogen) atoms. The van der Waals surface area contributed by atoms with E-state index >= 15 is 0 Å². The van der Waals surface area contributed by atoms with Crippen molar-refractivity contribution >= 4 is 34.5 Å². The van der Waals surface area contributed by atoms with Crippen molar-refractivity contribution in [1.82, 2.24) is 9.38 Å². The van der Waals surface area contributed by atoms with Crippen LogP contribution in [0.2, 0.25) is 10.0 Å². The Morgan fingerprint density at radius 3 is 2.92 bits per heavy atom. The van der Waals surface area contributed by atoms with Crippen LogP contribution in [0.1, 0.15) is 18.5 Å². The molecular formula is C19H19Cl2N3O2. The molecule has 4 rings (SSSR count). The summed E-state index contributed by atoms with van der Waals surface area (Å²) in [7, 11) is 0. The Morgan fingerprint density at radius 2 is 2.08 bits per heavy atom. The largest absolute Gasteiger partial charge is 0.489 e. The molecule has 3 heterocycles. The van der Waals surface area contributed by atoms with Gasteiger partial charge < -0.3 is 19.2 Å². The molecule has 1 unspecified atom stereocenters. The minimum Gasteiger partial charge on any atom is -0.489 e. The molecule has 1 fully saturated rings. The van der Waals surface area contributed by atoms with Crippen LogP contribution in [0.25, 0.3) is 5.65 Å². The molecule has 0 bridgehead atoms. The zero-order valence-electron chi connectivity index (χ0n) is 14.1. The van der Waals surface area contributed by atoms with Crippen LogP contribution in [-0.4, -0.2) is 28.7 Å². The van der Waals surface area contributed by atoms with E-state index in [4.69, 9.17) is 32.7 Å². The lowest BCUT2D eigenvalue weighted by Crippen LogP contribution is -2.17. The summed E-state index contributed by atoms with van der Waals surface area (Å²) in [5, 5.41) is 4.69. The summed E-state index contributed by atoms with van der Waals surface area (Å²) >= 11 is 12.2. The molecule has 3 aromatic rings. The molecule has 7 heteroatoms. The van der Waals surface area contributed by atoms with Gasteiger partial charge >= 0.3 is 0 Å². The van der Waals surface area contributed by atoms with Crippen LogP contribution < -0.4 is 10.1 Å². The van der Waals surface area contributed by atoms with Crippen molar-refractivity contribution in [1.29, 1.82) is 0 Å². The lowest BCUT2D eigenvalue weighted by atomic mass is 10.2. The predicted molar refractivity (Wildman–Crippen MR) is 103 cm³/mol. The van der Waals surface area contributed by atoms with Crippen LogP contribution in [0.3, 0.4) is 0 Å². The van der Waals surface area contributed by atoms with E-state index in [-0.39, 0.29) is 6.10 Å². The first-order valence-corrected chi connectivity index (χ1v) is 9.34. The van der Waals surface area contributed by atoms with Crippen LogP contribution in [0.15, 0.2) is 42.7 Å². The molecule has 0 saturated carbocycles. The zero-order valence-corrected chi connectivity index (χ0v) is 15.6. The van der Waals surface area contributed by atoms with Gasteiger partial charge in [-0.15, -0.1) is 0 Å². The number of pyridine rings is 1. The number of fused-ring (bicyclic) bond motifs is 1. The maximum Gasteiger partial charge on any atom is 0.142 e. The first-order chi connectivity index (χ1) is 12.7. The van der Waals surface area contributed by atoms with Gasteiger partial charge in [0.05, 0.1) is 29.1 Å². The summed E-state index contributed by atoms with van der Waals surface area (Å²) < 4.78 is 13.5. The molecule has 0 aliphatic carbocycles. The molecule has 136 valence electrons. The lowest BCUT2D eigenvalue weighted by Gasteiger charge is -2.15. The second-order valence-electron chi connectivity index (χ2n) is 6.29. The highest BCUT2D eigenvalue weighted by molar-refractivity contribution is 6.31. The Balaban J connectivity index is 1.46. The van der Waals surface area contributed by atoms with Gasteiger partial charge in [-0.25, -0.2) is 4.98 Å². The van der Waals surface area contributed by atoms with Crippen LogP contribution in [0, 0.1) is 0 Å². The number of halogens is 2. The summed E-state index contributed by atoms with van der Waals surface area (Å²) in [5.41, 5.74) is 2.59. The number of anilines is 1. The highest BCUT2D eigenvalue weighted by Crippen LogP contribution is 2.29. The third kappa shape index (κ3) is 4.06. The third-order valence-electron chi connectivity index (χ3n) is 4.32. The summed E-state index contributed by atoms with van der Waals surface area (Å²) in [5.74, 6) is 0.761. The van der Waals surface area contributed by atoms with Crippen molar-refractivity contribution < 1.29 is 9.47 Å². The minimum absolute atomic E-state index is 0.168. The molecule has 0 amide bonds. The van der Waals surface area contributed by atoms with E-state index in [0.29, 0.717) is 23.2 Å². The molecular weight excluding hydrogens is 373 g/mol. The van der Waals surface area contributed by atoms with Gasteiger partial charge in [-0.2, -0.15) is 0 Å². The van der Waals surface area contributed by atoms with Gasteiger partial charge in [-0.05, 0) is 43.2 Å². The van der Waals surface area contributed by atoms with Gasteiger partial charge in [-0.3, -0.25) is 0 Å². The molecule has 0 radical (unpaired) electrons. The van der Waals surface area contributed by atoms with Gasteiger partial charge in [-0.1, -0.05) is 23.2 Å². The fraction of sp³-hybridized carbons (Fsp3) is 0.316. The smallest absolute Gasteiger partial charge is 0.142 e. The highest BCUT2D eigenvalue weighted by Gasteiger charge is 2.17. The topological polar surface area (TPSA) is 47.8 Å². The molecule has 2 aromatic heterocycles. The van der Waals surface area contributed by atoms with Crippen molar-refractivity contribution in [2.45, 2.75) is 25.5 Å². The van der Waals surface area contributed by atoms with E-state index in [9.17, 15) is 0 Å². The van der Waals surface area contributed by atoms with E-state index in [1.807, 2.05) is 47.1 Å². The average Bonchev–Trinajstić information content (AvgIpc) is 3.28. The number of aromatic nitrogens is 2. The van der Waals surface area contributed by atoms with Crippen molar-refractivity contribution in [3.8, 4) is 5.75 Å². The van der Waals surface area contributed by atoms with E-state index in [1.54, 1.807) is 0 Å². The Hall–Kier alpha value is -1.95. The third-order valence-corrected chi connectivity index (χ3v) is 4.77. The first kappa shape index (κ1) is 17.5. The van der Waals surface area contributed by atoms with Crippen LogP contribution in [0.5, 0.6) is 5.75 Å². The Labute approximate surface area is 161 Å². The van der Waals surface area contributed by atoms with E-state index in [2.05, 4.69) is 10.3 Å². The number of imidazole rings is 1. The Kier molecular flexibility index (Phi) is 5.20. The minimum atomic E-state index is 0.168. The van der Waals surface area contributed by atoms with Crippen molar-refractivity contribution in [3.63, 3.8) is 0 Å². The van der Waals surface area contributed by atoms with Gasteiger partial charge in [0.2, 0.25) is 0 Å². The number of nitrogens with one attached hydrogen (secondary N) is 1. The number of ether oxygens (including phenoxy) is 2. The van der Waals surface area contributed by atoms with Crippen LogP contribution in [0.4, 0.5) is 5.69 Å². The average molecular weight is 392 g/mol. The Morgan fingerprint density at radius 1 is 1.19 bits per heavy atom. The van der Waals surface area contributed by atoms with Gasteiger partial charge in [0, 0.05) is 24.0 Å². The fourth-order valence-electron chi connectivity index (χ4n) is 3.01. The lowest BCUT2D eigenvalue weighted by molar-refractivity contribution is 0.0682. The number of hydrogen-bond acceptors (Lipinski definition) is 4. The van der Waals surface area contributed by atoms with Gasteiger partial charge in [0.1, 0.15) is 18.0 Å². The highest BCUT2D eigenvalue weighted by atomic mass is 35.5. The summed E-state index contributed by atoms with van der Waals surface area (Å²) in [6, 6.07) is 9.28. The quantitative estimate of drug-likeness (QED) is 0.654. The van der Waals surface area contributed by atoms with Crippen molar-refractivity contribution in [3.05, 3.63) is 58.5 Å². The standard InChI is InChI=1S/C19H19Cl2N3O2/c20-13-3-5-18(26-12-16-2-1-7-25-16)17(8-13)22-9-15-11-24-10-14(21)4-6-19(24)23-15/h3-6,8,10-11,16,22H,1-2,7,9,12H2. The summed E-state index contributed by atoms with van der Waals surface area (Å²) in [4.78, 5) is 4.58. The second-order valence-corrected chi connectivity index (χ2v) is 7.16.